The van der Waals surface area contributed by atoms with Gasteiger partial charge in [-0.25, -0.2) is 0 Å². The number of hydrogen-bond acceptors (Lipinski definition) is 3. The van der Waals surface area contributed by atoms with E-state index in [2.05, 4.69) is 169 Å². The standard InChI is InChI=1S/C45H34N2O/c1-30-12-6-9-17-42(30)47(43-18-10-7-13-31(43)2)36-21-20-32-26-33-27-35(22-24-38(33)41(32)28-36)46(34-14-4-3-5-15-34)37-23-25-40-39-16-8-11-19-44(39)48-45(40)29-37/h3-25,27-29H,26H2,1-2H3. The summed E-state index contributed by atoms with van der Waals surface area (Å²) in [4.78, 5) is 4.74. The van der Waals surface area contributed by atoms with Crippen molar-refractivity contribution in [2.45, 2.75) is 20.3 Å². The summed E-state index contributed by atoms with van der Waals surface area (Å²) in [6.07, 6.45) is 0.902. The maximum Gasteiger partial charge on any atom is 0.137 e. The van der Waals surface area contributed by atoms with Crippen molar-refractivity contribution in [3.63, 3.8) is 0 Å². The van der Waals surface area contributed by atoms with Gasteiger partial charge in [-0.2, -0.15) is 0 Å². The Balaban J connectivity index is 1.14. The van der Waals surface area contributed by atoms with Gasteiger partial charge in [0.05, 0.1) is 0 Å². The van der Waals surface area contributed by atoms with Crippen molar-refractivity contribution in [1.82, 2.24) is 0 Å². The van der Waals surface area contributed by atoms with Crippen molar-refractivity contribution < 1.29 is 4.42 Å². The fourth-order valence-electron chi connectivity index (χ4n) is 7.36. The second kappa shape index (κ2) is 11.3. The number of rotatable bonds is 6. The molecule has 3 nitrogen and oxygen atoms in total. The van der Waals surface area contributed by atoms with Crippen molar-refractivity contribution in [2.75, 3.05) is 9.80 Å². The van der Waals surface area contributed by atoms with E-state index in [1.54, 1.807) is 0 Å². The summed E-state index contributed by atoms with van der Waals surface area (Å²) >= 11 is 0. The van der Waals surface area contributed by atoms with Crippen LogP contribution in [0.5, 0.6) is 0 Å². The number of para-hydroxylation sites is 4. The second-order valence-corrected chi connectivity index (χ2v) is 12.7. The summed E-state index contributed by atoms with van der Waals surface area (Å²) in [5, 5.41) is 2.27. The molecule has 0 aliphatic heterocycles. The topological polar surface area (TPSA) is 19.6 Å². The lowest BCUT2D eigenvalue weighted by Gasteiger charge is -2.29. The molecular weight excluding hydrogens is 585 g/mol. The van der Waals surface area contributed by atoms with E-state index in [-0.39, 0.29) is 0 Å². The summed E-state index contributed by atoms with van der Waals surface area (Å²) in [6.45, 7) is 4.38. The third-order valence-corrected chi connectivity index (χ3v) is 9.72. The van der Waals surface area contributed by atoms with Gasteiger partial charge in [0.2, 0.25) is 0 Å². The zero-order valence-corrected chi connectivity index (χ0v) is 27.0. The maximum atomic E-state index is 6.31. The van der Waals surface area contributed by atoms with Crippen LogP contribution in [0.2, 0.25) is 0 Å². The molecule has 0 spiro atoms. The van der Waals surface area contributed by atoms with Crippen LogP contribution in [0.3, 0.4) is 0 Å². The lowest BCUT2D eigenvalue weighted by molar-refractivity contribution is 0.669. The van der Waals surface area contributed by atoms with E-state index >= 15 is 0 Å². The van der Waals surface area contributed by atoms with Crippen LogP contribution in [0.25, 0.3) is 33.1 Å². The van der Waals surface area contributed by atoms with Crippen LogP contribution in [0, 0.1) is 13.8 Å². The largest absolute Gasteiger partial charge is 0.456 e. The van der Waals surface area contributed by atoms with Crippen LogP contribution in [-0.4, -0.2) is 0 Å². The number of nitrogens with zero attached hydrogens (tertiary/aromatic N) is 2. The molecule has 1 aliphatic carbocycles. The van der Waals surface area contributed by atoms with Crippen LogP contribution in [0.4, 0.5) is 34.1 Å². The minimum absolute atomic E-state index is 0.891. The highest BCUT2D eigenvalue weighted by Gasteiger charge is 2.24. The first-order valence-corrected chi connectivity index (χ1v) is 16.6. The molecule has 1 aromatic heterocycles. The van der Waals surface area contributed by atoms with Gasteiger partial charge in [-0.3, -0.25) is 0 Å². The third kappa shape index (κ3) is 4.66. The molecule has 0 amide bonds. The second-order valence-electron chi connectivity index (χ2n) is 12.7. The van der Waals surface area contributed by atoms with Crippen molar-refractivity contribution in [3.8, 4) is 11.1 Å². The van der Waals surface area contributed by atoms with E-state index in [4.69, 9.17) is 4.42 Å². The fraction of sp³-hybridized carbons (Fsp3) is 0.0667. The summed E-state index contributed by atoms with van der Waals surface area (Å²) in [6, 6.07) is 56.6. The Morgan fingerprint density at radius 2 is 1.02 bits per heavy atom. The van der Waals surface area contributed by atoms with E-state index in [0.717, 1.165) is 45.4 Å². The average molecular weight is 619 g/mol. The first kappa shape index (κ1) is 28.2. The van der Waals surface area contributed by atoms with Crippen LogP contribution >= 0.6 is 0 Å². The van der Waals surface area contributed by atoms with Crippen molar-refractivity contribution in [3.05, 3.63) is 180 Å². The smallest absolute Gasteiger partial charge is 0.137 e. The Bertz CT molecular complexity index is 2430. The number of anilines is 6. The van der Waals surface area contributed by atoms with Gasteiger partial charge in [-0.05, 0) is 120 Å². The van der Waals surface area contributed by atoms with Crippen molar-refractivity contribution in [1.29, 1.82) is 0 Å². The number of hydrogen-bond donors (Lipinski definition) is 0. The van der Waals surface area contributed by atoms with Gasteiger partial charge in [0, 0.05) is 51.0 Å². The highest BCUT2D eigenvalue weighted by atomic mass is 16.3. The summed E-state index contributed by atoms with van der Waals surface area (Å²) < 4.78 is 6.31. The molecule has 1 aliphatic rings. The molecular formula is C45H34N2O. The predicted molar refractivity (Wildman–Crippen MR) is 201 cm³/mol. The zero-order chi connectivity index (χ0) is 32.2. The third-order valence-electron chi connectivity index (χ3n) is 9.72. The average Bonchev–Trinajstić information content (AvgIpc) is 3.68. The number of furan rings is 1. The van der Waals surface area contributed by atoms with E-state index < -0.39 is 0 Å². The molecule has 0 N–H and O–H groups in total. The molecule has 7 aromatic carbocycles. The molecule has 0 saturated carbocycles. The Hall–Kier alpha value is -6.06. The van der Waals surface area contributed by atoms with Gasteiger partial charge < -0.3 is 14.2 Å². The minimum Gasteiger partial charge on any atom is -0.456 e. The van der Waals surface area contributed by atoms with Crippen LogP contribution in [0.1, 0.15) is 22.3 Å². The summed E-state index contributed by atoms with van der Waals surface area (Å²) in [5.41, 5.74) is 16.4. The maximum absolute atomic E-state index is 6.31. The SMILES string of the molecule is Cc1ccccc1N(c1ccc2c(c1)-c1ccc(N(c3ccccc3)c3ccc4c(c3)oc3ccccc34)cc1C2)c1ccccc1C. The molecule has 0 atom stereocenters. The molecule has 230 valence electrons. The highest BCUT2D eigenvalue weighted by Crippen LogP contribution is 2.46. The molecule has 9 rings (SSSR count). The zero-order valence-electron chi connectivity index (χ0n) is 27.0. The predicted octanol–water partition coefficient (Wildman–Crippen LogP) is 12.7. The summed E-state index contributed by atoms with van der Waals surface area (Å²) in [7, 11) is 0. The number of benzene rings is 7. The van der Waals surface area contributed by atoms with E-state index in [9.17, 15) is 0 Å². The molecule has 1 heterocycles. The van der Waals surface area contributed by atoms with Gasteiger partial charge in [0.15, 0.2) is 0 Å². The molecule has 8 aromatic rings. The Morgan fingerprint density at radius 3 is 1.79 bits per heavy atom. The Morgan fingerprint density at radius 1 is 0.417 bits per heavy atom. The van der Waals surface area contributed by atoms with Crippen LogP contribution in [-0.2, 0) is 6.42 Å². The number of aryl methyl sites for hydroxylation is 2. The first-order chi connectivity index (χ1) is 23.6. The lowest BCUT2D eigenvalue weighted by Crippen LogP contribution is -2.12. The monoisotopic (exact) mass is 618 g/mol. The first-order valence-electron chi connectivity index (χ1n) is 16.6. The molecule has 0 saturated heterocycles. The van der Waals surface area contributed by atoms with Gasteiger partial charge in [0.1, 0.15) is 11.2 Å². The Kier molecular flexibility index (Phi) is 6.65. The molecule has 0 unspecified atom stereocenters. The molecule has 3 heteroatoms. The number of fused-ring (bicyclic) bond motifs is 6. The van der Waals surface area contributed by atoms with Crippen LogP contribution < -0.4 is 9.80 Å². The van der Waals surface area contributed by atoms with E-state index in [0.29, 0.717) is 0 Å². The van der Waals surface area contributed by atoms with Crippen molar-refractivity contribution in [2.24, 2.45) is 0 Å². The molecule has 0 bridgehead atoms. The van der Waals surface area contributed by atoms with E-state index in [1.807, 2.05) is 12.1 Å². The van der Waals surface area contributed by atoms with Crippen molar-refractivity contribution >= 4 is 56.1 Å². The quantitative estimate of drug-likeness (QED) is 0.185. The fourth-order valence-corrected chi connectivity index (χ4v) is 7.36. The van der Waals surface area contributed by atoms with E-state index in [1.165, 1.54) is 50.4 Å². The summed E-state index contributed by atoms with van der Waals surface area (Å²) in [5.74, 6) is 0. The molecule has 0 radical (unpaired) electrons. The highest BCUT2D eigenvalue weighted by molar-refractivity contribution is 6.06. The van der Waals surface area contributed by atoms with Gasteiger partial charge in [-0.1, -0.05) is 84.9 Å². The Labute approximate surface area is 280 Å². The molecule has 48 heavy (non-hydrogen) atoms. The minimum atomic E-state index is 0.891. The van der Waals surface area contributed by atoms with Gasteiger partial charge in [0.25, 0.3) is 0 Å². The van der Waals surface area contributed by atoms with Gasteiger partial charge >= 0.3 is 0 Å². The lowest BCUT2D eigenvalue weighted by atomic mass is 10.0. The normalized spacial score (nSPS) is 11.9. The van der Waals surface area contributed by atoms with Gasteiger partial charge in [-0.15, -0.1) is 0 Å². The molecule has 0 fully saturated rings. The van der Waals surface area contributed by atoms with Crippen LogP contribution in [0.15, 0.2) is 162 Å².